The van der Waals surface area contributed by atoms with Gasteiger partial charge in [-0.15, -0.1) is 0 Å². The number of aliphatic hydroxyl groups is 1. The summed E-state index contributed by atoms with van der Waals surface area (Å²) in [5.41, 5.74) is 0.730. The highest BCUT2D eigenvalue weighted by molar-refractivity contribution is 6.34. The van der Waals surface area contributed by atoms with Crippen molar-refractivity contribution in [1.29, 1.82) is 0 Å². The van der Waals surface area contributed by atoms with E-state index in [1.165, 1.54) is 12.1 Å². The first kappa shape index (κ1) is 16.9. The number of para-hydroxylation sites is 1. The van der Waals surface area contributed by atoms with E-state index < -0.39 is 18.0 Å². The second kappa shape index (κ2) is 6.18. The minimum Gasteiger partial charge on any atom is -0.372 e. The fourth-order valence-corrected chi connectivity index (χ4v) is 3.33. The molecule has 0 radical (unpaired) electrons. The average Bonchev–Trinajstić information content (AvgIpc) is 2.50. The van der Waals surface area contributed by atoms with Crippen LogP contribution in [0.5, 0.6) is 0 Å². The number of rotatable bonds is 2. The van der Waals surface area contributed by atoms with Crippen LogP contribution in [0.2, 0.25) is 5.02 Å². The Bertz CT molecular complexity index is 751. The predicted octanol–water partition coefficient (Wildman–Crippen LogP) is 4.13. The average molecular weight is 357 g/mol. The number of nitrogens with zero attached hydrogens (tertiary/aromatic N) is 2. The third kappa shape index (κ3) is 3.03. The summed E-state index contributed by atoms with van der Waals surface area (Å²) in [6, 6.07) is 10.6. The van der Waals surface area contributed by atoms with Crippen LogP contribution in [-0.4, -0.2) is 24.9 Å². The maximum absolute atomic E-state index is 13.2. The van der Waals surface area contributed by atoms with Gasteiger partial charge in [0.2, 0.25) is 0 Å². The van der Waals surface area contributed by atoms with Crippen LogP contribution in [0, 0.1) is 0 Å². The monoisotopic (exact) mass is 356 g/mol. The Morgan fingerprint density at radius 2 is 1.88 bits per heavy atom. The second-order valence-electron chi connectivity index (χ2n) is 5.75. The summed E-state index contributed by atoms with van der Waals surface area (Å²) in [6.07, 6.45) is -5.37. The van der Waals surface area contributed by atoms with Crippen LogP contribution >= 0.6 is 11.6 Å². The number of hydrogen-bond donors (Lipinski definition) is 1. The second-order valence-corrected chi connectivity index (χ2v) is 6.16. The van der Waals surface area contributed by atoms with Crippen LogP contribution in [-0.2, 0) is 12.7 Å². The van der Waals surface area contributed by atoms with Gasteiger partial charge in [0.1, 0.15) is 6.23 Å². The van der Waals surface area contributed by atoms with Crippen molar-refractivity contribution >= 4 is 23.0 Å². The van der Waals surface area contributed by atoms with Crippen LogP contribution < -0.4 is 9.80 Å². The molecule has 24 heavy (non-hydrogen) atoms. The molecule has 0 amide bonds. The molecule has 128 valence electrons. The molecule has 2 aromatic carbocycles. The van der Waals surface area contributed by atoms with Gasteiger partial charge in [0, 0.05) is 13.6 Å². The van der Waals surface area contributed by atoms with Crippen LogP contribution in [0.1, 0.15) is 11.1 Å². The third-order valence-electron chi connectivity index (χ3n) is 4.12. The van der Waals surface area contributed by atoms with E-state index in [1.807, 2.05) is 0 Å². The molecule has 0 bridgehead atoms. The summed E-state index contributed by atoms with van der Waals surface area (Å²) in [7, 11) is 1.79. The molecule has 7 heteroatoms. The van der Waals surface area contributed by atoms with Gasteiger partial charge in [0.15, 0.2) is 0 Å². The summed E-state index contributed by atoms with van der Waals surface area (Å²) in [4.78, 5) is 3.35. The first-order chi connectivity index (χ1) is 11.3. The standard InChI is InChI=1S/C17H16ClF3N2O/c1-22-10-15(24)23(14-8-4-7-13(18)16(14)22)9-11-5-2-3-6-12(11)17(19,20)21/h2-8,15,24H,9-10H2,1H3. The van der Waals surface area contributed by atoms with Crippen molar-refractivity contribution in [2.45, 2.75) is 18.9 Å². The largest absolute Gasteiger partial charge is 0.416 e. The number of aliphatic hydroxyl groups excluding tert-OH is 1. The zero-order chi connectivity index (χ0) is 17.5. The number of likely N-dealkylation sites (N-methyl/N-ethyl adjacent to an activating group) is 1. The van der Waals surface area contributed by atoms with Gasteiger partial charge in [-0.25, -0.2) is 0 Å². The molecule has 1 aliphatic heterocycles. The molecule has 0 aliphatic carbocycles. The van der Waals surface area contributed by atoms with Gasteiger partial charge in [-0.05, 0) is 23.8 Å². The van der Waals surface area contributed by atoms with Gasteiger partial charge in [-0.2, -0.15) is 13.2 Å². The third-order valence-corrected chi connectivity index (χ3v) is 4.42. The summed E-state index contributed by atoms with van der Waals surface area (Å²) in [5, 5.41) is 10.9. The first-order valence-electron chi connectivity index (χ1n) is 7.38. The molecule has 1 N–H and O–H groups in total. The van der Waals surface area contributed by atoms with Crippen LogP contribution in [0.3, 0.4) is 0 Å². The Morgan fingerprint density at radius 1 is 1.17 bits per heavy atom. The van der Waals surface area contributed by atoms with Crippen molar-refractivity contribution in [3.8, 4) is 0 Å². The van der Waals surface area contributed by atoms with Crippen LogP contribution in [0.4, 0.5) is 24.5 Å². The molecule has 1 unspecified atom stereocenters. The van der Waals surface area contributed by atoms with Crippen molar-refractivity contribution in [3.05, 3.63) is 58.6 Å². The topological polar surface area (TPSA) is 26.7 Å². The SMILES string of the molecule is CN1CC(O)N(Cc2ccccc2C(F)(F)F)c2cccc(Cl)c21. The normalized spacial score (nSPS) is 17.8. The van der Waals surface area contributed by atoms with Crippen molar-refractivity contribution in [3.63, 3.8) is 0 Å². The molecule has 1 aliphatic rings. The molecule has 3 rings (SSSR count). The van der Waals surface area contributed by atoms with Crippen molar-refractivity contribution in [2.75, 3.05) is 23.4 Å². The number of β-amino-alcohol motifs (C(OH)–C–C–N with tert-alkyl or cyclic N) is 1. The predicted molar refractivity (Wildman–Crippen MR) is 88.4 cm³/mol. The molecular formula is C17H16ClF3N2O. The Kier molecular flexibility index (Phi) is 4.36. The molecule has 0 spiro atoms. The summed E-state index contributed by atoms with van der Waals surface area (Å²) in [6.45, 7) is 0.197. The fourth-order valence-electron chi connectivity index (χ4n) is 3.02. The van der Waals surface area contributed by atoms with Crippen LogP contribution in [0.15, 0.2) is 42.5 Å². The number of halogens is 4. The van der Waals surface area contributed by atoms with Crippen molar-refractivity contribution in [1.82, 2.24) is 0 Å². The van der Waals surface area contributed by atoms with Gasteiger partial charge in [-0.1, -0.05) is 35.9 Å². The maximum Gasteiger partial charge on any atom is 0.416 e. The number of fused-ring (bicyclic) bond motifs is 1. The van der Waals surface area contributed by atoms with E-state index in [9.17, 15) is 18.3 Å². The highest BCUT2D eigenvalue weighted by Gasteiger charge is 2.35. The van der Waals surface area contributed by atoms with Gasteiger partial charge < -0.3 is 14.9 Å². The Hall–Kier alpha value is -1.92. The summed E-state index contributed by atoms with van der Waals surface area (Å²) in [5.74, 6) is 0. The minimum atomic E-state index is -4.44. The zero-order valence-corrected chi connectivity index (χ0v) is 13.6. The lowest BCUT2D eigenvalue weighted by atomic mass is 10.0. The summed E-state index contributed by atoms with van der Waals surface area (Å²) < 4.78 is 39.6. The van der Waals surface area contributed by atoms with Gasteiger partial charge in [-0.3, -0.25) is 0 Å². The summed E-state index contributed by atoms with van der Waals surface area (Å²) >= 11 is 6.23. The molecule has 1 atom stereocenters. The molecular weight excluding hydrogens is 341 g/mol. The molecule has 2 aromatic rings. The van der Waals surface area contributed by atoms with E-state index in [0.717, 1.165) is 6.07 Å². The van der Waals surface area contributed by atoms with Crippen molar-refractivity contribution in [2.24, 2.45) is 0 Å². The highest BCUT2D eigenvalue weighted by atomic mass is 35.5. The zero-order valence-electron chi connectivity index (χ0n) is 12.9. The fraction of sp³-hybridized carbons (Fsp3) is 0.294. The molecule has 0 saturated carbocycles. The van der Waals surface area contributed by atoms with E-state index >= 15 is 0 Å². The highest BCUT2D eigenvalue weighted by Crippen LogP contribution is 2.41. The van der Waals surface area contributed by atoms with E-state index in [0.29, 0.717) is 16.4 Å². The quantitative estimate of drug-likeness (QED) is 0.876. The Morgan fingerprint density at radius 3 is 2.58 bits per heavy atom. The lowest BCUT2D eigenvalue weighted by Crippen LogP contribution is -2.47. The van der Waals surface area contributed by atoms with E-state index in [2.05, 4.69) is 0 Å². The number of hydrogen-bond acceptors (Lipinski definition) is 3. The van der Waals surface area contributed by atoms with E-state index in [-0.39, 0.29) is 18.7 Å². The van der Waals surface area contributed by atoms with Gasteiger partial charge in [0.25, 0.3) is 0 Å². The maximum atomic E-state index is 13.2. The van der Waals surface area contributed by atoms with Crippen LogP contribution in [0.25, 0.3) is 0 Å². The molecule has 0 aromatic heterocycles. The Balaban J connectivity index is 2.03. The van der Waals surface area contributed by atoms with Crippen molar-refractivity contribution < 1.29 is 18.3 Å². The number of benzene rings is 2. The molecule has 1 heterocycles. The number of anilines is 2. The van der Waals surface area contributed by atoms with E-state index in [1.54, 1.807) is 41.1 Å². The lowest BCUT2D eigenvalue weighted by molar-refractivity contribution is -0.138. The number of alkyl halides is 3. The van der Waals surface area contributed by atoms with Gasteiger partial charge >= 0.3 is 6.18 Å². The minimum absolute atomic E-state index is 0.0575. The Labute approximate surface area is 142 Å². The first-order valence-corrected chi connectivity index (χ1v) is 7.76. The lowest BCUT2D eigenvalue weighted by Gasteiger charge is -2.41. The smallest absolute Gasteiger partial charge is 0.372 e. The van der Waals surface area contributed by atoms with Gasteiger partial charge in [0.05, 0.1) is 28.5 Å². The molecule has 3 nitrogen and oxygen atoms in total. The molecule has 0 saturated heterocycles. The molecule has 0 fully saturated rings. The van der Waals surface area contributed by atoms with E-state index in [4.69, 9.17) is 11.6 Å².